The summed E-state index contributed by atoms with van der Waals surface area (Å²) in [6.45, 7) is 4.19. The van der Waals surface area contributed by atoms with Crippen LogP contribution in [0.3, 0.4) is 0 Å². The number of carbonyl (C=O) groups excluding carboxylic acids is 2. The first kappa shape index (κ1) is 15.0. The van der Waals surface area contributed by atoms with E-state index in [1.54, 1.807) is 32.0 Å². The first-order valence-electron chi connectivity index (χ1n) is 6.24. The number of nitrogen functional groups attached to an aromatic ring is 1. The van der Waals surface area contributed by atoms with Gasteiger partial charge in [-0.15, -0.1) is 0 Å². The van der Waals surface area contributed by atoms with Gasteiger partial charge in [0, 0.05) is 5.69 Å². The van der Waals surface area contributed by atoms with Gasteiger partial charge in [0.2, 0.25) is 0 Å². The molecule has 0 saturated heterocycles. The summed E-state index contributed by atoms with van der Waals surface area (Å²) in [6, 6.07) is 5.17. The maximum Gasteiger partial charge on any atom is 0.310 e. The summed E-state index contributed by atoms with van der Waals surface area (Å²) in [4.78, 5) is 22.8. The van der Waals surface area contributed by atoms with Crippen molar-refractivity contribution in [2.75, 3.05) is 18.9 Å². The topological polar surface area (TPSA) is 78.6 Å². The van der Waals surface area contributed by atoms with E-state index in [0.29, 0.717) is 18.9 Å². The Bertz CT molecular complexity index is 419. The molecule has 1 aromatic carbocycles. The Kier molecular flexibility index (Phi) is 5.85. The first-order chi connectivity index (χ1) is 9.05. The maximum atomic E-state index is 11.4. The third kappa shape index (κ3) is 5.42. The molecule has 0 spiro atoms. The Morgan fingerprint density at radius 3 is 1.74 bits per heavy atom. The molecule has 0 amide bonds. The van der Waals surface area contributed by atoms with Crippen molar-refractivity contribution in [2.24, 2.45) is 0 Å². The summed E-state index contributed by atoms with van der Waals surface area (Å²) in [7, 11) is 0. The maximum absolute atomic E-state index is 11.4. The van der Waals surface area contributed by atoms with Crippen LogP contribution >= 0.6 is 0 Å². The van der Waals surface area contributed by atoms with Gasteiger partial charge in [0.15, 0.2) is 0 Å². The Morgan fingerprint density at radius 1 is 0.947 bits per heavy atom. The summed E-state index contributed by atoms with van der Waals surface area (Å²) < 4.78 is 9.75. The molecule has 5 heteroatoms. The fourth-order valence-electron chi connectivity index (χ4n) is 1.75. The van der Waals surface area contributed by atoms with Crippen LogP contribution in [0, 0.1) is 0 Å². The molecule has 0 radical (unpaired) electrons. The van der Waals surface area contributed by atoms with Gasteiger partial charge in [-0.25, -0.2) is 0 Å². The Labute approximate surface area is 112 Å². The molecule has 5 nitrogen and oxygen atoms in total. The summed E-state index contributed by atoms with van der Waals surface area (Å²) in [5, 5.41) is 0. The third-order valence-electron chi connectivity index (χ3n) is 2.38. The number of benzene rings is 1. The lowest BCUT2D eigenvalue weighted by molar-refractivity contribution is -0.143. The highest BCUT2D eigenvalue weighted by atomic mass is 16.5. The lowest BCUT2D eigenvalue weighted by atomic mass is 10.0. The van der Waals surface area contributed by atoms with E-state index in [0.717, 1.165) is 11.1 Å². The van der Waals surface area contributed by atoms with Crippen molar-refractivity contribution in [1.29, 1.82) is 0 Å². The molecule has 0 aliphatic rings. The van der Waals surface area contributed by atoms with E-state index in [4.69, 9.17) is 15.2 Å². The Hall–Kier alpha value is -2.04. The lowest BCUT2D eigenvalue weighted by Gasteiger charge is -2.07. The summed E-state index contributed by atoms with van der Waals surface area (Å²) in [5.41, 5.74) is 7.74. The summed E-state index contributed by atoms with van der Waals surface area (Å²) in [5.74, 6) is -0.620. The molecule has 104 valence electrons. The quantitative estimate of drug-likeness (QED) is 0.622. The van der Waals surface area contributed by atoms with Crippen LogP contribution in [0.5, 0.6) is 0 Å². The van der Waals surface area contributed by atoms with Crippen molar-refractivity contribution in [3.8, 4) is 0 Å². The molecule has 0 fully saturated rings. The lowest BCUT2D eigenvalue weighted by Crippen LogP contribution is -2.10. The summed E-state index contributed by atoms with van der Waals surface area (Å²) >= 11 is 0. The van der Waals surface area contributed by atoms with E-state index in [2.05, 4.69) is 0 Å². The van der Waals surface area contributed by atoms with Gasteiger partial charge >= 0.3 is 11.9 Å². The van der Waals surface area contributed by atoms with Gasteiger partial charge < -0.3 is 15.2 Å². The molecule has 0 saturated carbocycles. The minimum Gasteiger partial charge on any atom is -0.466 e. The number of hydrogen-bond acceptors (Lipinski definition) is 5. The van der Waals surface area contributed by atoms with Crippen LogP contribution in [0.2, 0.25) is 0 Å². The summed E-state index contributed by atoms with van der Waals surface area (Å²) in [6.07, 6.45) is 0.295. The fourth-order valence-corrected chi connectivity index (χ4v) is 1.75. The molecule has 0 aliphatic carbocycles. The van der Waals surface area contributed by atoms with Crippen molar-refractivity contribution in [3.05, 3.63) is 29.3 Å². The highest BCUT2D eigenvalue weighted by Crippen LogP contribution is 2.14. The van der Waals surface area contributed by atoms with Crippen molar-refractivity contribution < 1.29 is 19.1 Å². The van der Waals surface area contributed by atoms with Gasteiger partial charge in [-0.2, -0.15) is 0 Å². The molecule has 0 heterocycles. The molecule has 0 bridgehead atoms. The van der Waals surface area contributed by atoms with Crippen LogP contribution < -0.4 is 5.73 Å². The zero-order valence-electron chi connectivity index (χ0n) is 11.3. The predicted molar refractivity (Wildman–Crippen MR) is 71.5 cm³/mol. The highest BCUT2D eigenvalue weighted by molar-refractivity contribution is 5.75. The van der Waals surface area contributed by atoms with Gasteiger partial charge in [-0.3, -0.25) is 9.59 Å². The van der Waals surface area contributed by atoms with E-state index in [1.807, 2.05) is 0 Å². The number of nitrogens with two attached hydrogens (primary N) is 1. The molecule has 1 rings (SSSR count). The van der Waals surface area contributed by atoms with E-state index in [-0.39, 0.29) is 24.8 Å². The van der Waals surface area contributed by atoms with Crippen molar-refractivity contribution in [1.82, 2.24) is 0 Å². The van der Waals surface area contributed by atoms with Crippen molar-refractivity contribution >= 4 is 17.6 Å². The molecule has 0 aliphatic heterocycles. The second-order valence-corrected chi connectivity index (χ2v) is 4.05. The minimum atomic E-state index is -0.310. The number of hydrogen-bond donors (Lipinski definition) is 1. The zero-order chi connectivity index (χ0) is 14.3. The molecule has 0 unspecified atom stereocenters. The van der Waals surface area contributed by atoms with E-state index < -0.39 is 0 Å². The van der Waals surface area contributed by atoms with Crippen LogP contribution in [0.25, 0.3) is 0 Å². The second kappa shape index (κ2) is 7.41. The molecular formula is C14H19NO4. The number of rotatable bonds is 6. The average molecular weight is 265 g/mol. The van der Waals surface area contributed by atoms with Crippen LogP contribution in [0.4, 0.5) is 5.69 Å². The van der Waals surface area contributed by atoms with Crippen LogP contribution in [0.1, 0.15) is 25.0 Å². The van der Waals surface area contributed by atoms with Gasteiger partial charge in [0.05, 0.1) is 26.1 Å². The molecule has 2 N–H and O–H groups in total. The Morgan fingerprint density at radius 2 is 1.37 bits per heavy atom. The first-order valence-corrected chi connectivity index (χ1v) is 6.24. The molecule has 19 heavy (non-hydrogen) atoms. The molecule has 0 atom stereocenters. The monoisotopic (exact) mass is 265 g/mol. The van der Waals surface area contributed by atoms with Crippen molar-refractivity contribution in [3.63, 3.8) is 0 Å². The van der Waals surface area contributed by atoms with E-state index in [1.165, 1.54) is 0 Å². The van der Waals surface area contributed by atoms with E-state index in [9.17, 15) is 9.59 Å². The molecule has 0 aromatic heterocycles. The van der Waals surface area contributed by atoms with Crippen molar-refractivity contribution in [2.45, 2.75) is 26.7 Å². The molecule has 1 aromatic rings. The third-order valence-corrected chi connectivity index (χ3v) is 2.38. The largest absolute Gasteiger partial charge is 0.466 e. The number of esters is 2. The SMILES string of the molecule is CCOC(=O)Cc1cc(N)cc(CC(=O)OCC)c1. The van der Waals surface area contributed by atoms with Gasteiger partial charge in [0.1, 0.15) is 0 Å². The van der Waals surface area contributed by atoms with Crippen LogP contribution in [-0.4, -0.2) is 25.2 Å². The molecular weight excluding hydrogens is 246 g/mol. The predicted octanol–water partition coefficient (Wildman–Crippen LogP) is 1.48. The van der Waals surface area contributed by atoms with Crippen LogP contribution in [0.15, 0.2) is 18.2 Å². The number of ether oxygens (including phenoxy) is 2. The Balaban J connectivity index is 2.76. The van der Waals surface area contributed by atoms with Crippen LogP contribution in [-0.2, 0) is 31.9 Å². The van der Waals surface area contributed by atoms with Gasteiger partial charge in [0.25, 0.3) is 0 Å². The standard InChI is InChI=1S/C14H19NO4/c1-3-18-13(16)8-10-5-11(7-12(15)6-10)9-14(17)19-4-2/h5-7H,3-4,8-9,15H2,1-2H3. The van der Waals surface area contributed by atoms with E-state index >= 15 is 0 Å². The smallest absolute Gasteiger partial charge is 0.310 e. The second-order valence-electron chi connectivity index (χ2n) is 4.05. The van der Waals surface area contributed by atoms with Gasteiger partial charge in [-0.1, -0.05) is 6.07 Å². The van der Waals surface area contributed by atoms with Gasteiger partial charge in [-0.05, 0) is 37.1 Å². The highest BCUT2D eigenvalue weighted by Gasteiger charge is 2.09. The number of carbonyl (C=O) groups is 2. The average Bonchev–Trinajstić information content (AvgIpc) is 2.28. The number of anilines is 1. The zero-order valence-corrected chi connectivity index (χ0v) is 11.3. The minimum absolute atomic E-state index is 0.148. The normalized spacial score (nSPS) is 10.0. The fraction of sp³-hybridized carbons (Fsp3) is 0.429.